The SMILES string of the molecule is O=C(Nc1noc2cccc(OCC(F)(F)F)c12)c1cccc(C(F)(F)F)c1F. The van der Waals surface area contributed by atoms with Gasteiger partial charge in [-0.15, -0.1) is 0 Å². The number of carbonyl (C=O) groups excluding carboxylic acids is 1. The molecule has 0 fully saturated rings. The predicted molar refractivity (Wildman–Crippen MR) is 84.9 cm³/mol. The van der Waals surface area contributed by atoms with Gasteiger partial charge in [0.05, 0.1) is 11.1 Å². The molecule has 3 aromatic rings. The Morgan fingerprint density at radius 2 is 1.76 bits per heavy atom. The molecular formula is C17H9F7N2O3. The molecule has 29 heavy (non-hydrogen) atoms. The van der Waals surface area contributed by atoms with Gasteiger partial charge in [-0.05, 0) is 24.3 Å². The molecule has 0 radical (unpaired) electrons. The number of rotatable bonds is 4. The zero-order valence-electron chi connectivity index (χ0n) is 14.0. The summed E-state index contributed by atoms with van der Waals surface area (Å²) in [5, 5.41) is 5.31. The number of ether oxygens (including phenoxy) is 1. The molecule has 1 aromatic heterocycles. The molecule has 1 amide bonds. The third-order valence-corrected chi connectivity index (χ3v) is 3.63. The third-order valence-electron chi connectivity index (χ3n) is 3.63. The van der Waals surface area contributed by atoms with Gasteiger partial charge in [-0.25, -0.2) is 4.39 Å². The van der Waals surface area contributed by atoms with Crippen molar-refractivity contribution in [1.82, 2.24) is 5.16 Å². The second kappa shape index (κ2) is 7.26. The van der Waals surface area contributed by atoms with E-state index in [1.54, 1.807) is 0 Å². The molecule has 0 bridgehead atoms. The molecule has 0 aliphatic rings. The minimum absolute atomic E-state index is 0.0653. The van der Waals surface area contributed by atoms with Crippen molar-refractivity contribution in [2.75, 3.05) is 11.9 Å². The first-order chi connectivity index (χ1) is 13.5. The Kier molecular flexibility index (Phi) is 5.11. The highest BCUT2D eigenvalue weighted by Gasteiger charge is 2.36. The lowest BCUT2D eigenvalue weighted by Crippen LogP contribution is -2.19. The van der Waals surface area contributed by atoms with Crippen LogP contribution in [0.1, 0.15) is 15.9 Å². The number of anilines is 1. The summed E-state index contributed by atoms with van der Waals surface area (Å²) in [5.74, 6) is -3.91. The van der Waals surface area contributed by atoms with Crippen LogP contribution in [0.25, 0.3) is 11.0 Å². The van der Waals surface area contributed by atoms with Gasteiger partial charge in [0.2, 0.25) is 0 Å². The molecule has 0 unspecified atom stereocenters. The number of hydrogen-bond acceptors (Lipinski definition) is 4. The lowest BCUT2D eigenvalue weighted by Gasteiger charge is -2.11. The minimum Gasteiger partial charge on any atom is -0.483 e. The molecule has 3 rings (SSSR count). The molecular weight excluding hydrogens is 413 g/mol. The maximum atomic E-state index is 14.1. The summed E-state index contributed by atoms with van der Waals surface area (Å²) in [6.07, 6.45) is -9.68. The van der Waals surface area contributed by atoms with E-state index in [0.29, 0.717) is 6.07 Å². The zero-order valence-corrected chi connectivity index (χ0v) is 14.0. The highest BCUT2D eigenvalue weighted by Crippen LogP contribution is 2.35. The standard InChI is InChI=1S/C17H9F7N2O3/c18-13-8(3-1-4-9(13)17(22,23)24)15(27)25-14-12-10(28-7-16(19,20)21)5-2-6-11(12)29-26-14/h1-6H,7H2,(H,25,26,27). The van der Waals surface area contributed by atoms with Crippen molar-refractivity contribution in [2.24, 2.45) is 0 Å². The predicted octanol–water partition coefficient (Wildman–Crippen LogP) is 5.18. The quantitative estimate of drug-likeness (QED) is 0.589. The van der Waals surface area contributed by atoms with Crippen LogP contribution < -0.4 is 10.1 Å². The minimum atomic E-state index is -5.03. The summed E-state index contributed by atoms with van der Waals surface area (Å²) in [4.78, 5) is 12.3. The second-order valence-corrected chi connectivity index (χ2v) is 5.68. The van der Waals surface area contributed by atoms with Crippen molar-refractivity contribution >= 4 is 22.7 Å². The van der Waals surface area contributed by atoms with Gasteiger partial charge in [-0.2, -0.15) is 26.3 Å². The van der Waals surface area contributed by atoms with Crippen molar-refractivity contribution in [3.05, 3.63) is 53.3 Å². The van der Waals surface area contributed by atoms with Crippen molar-refractivity contribution in [2.45, 2.75) is 12.4 Å². The Balaban J connectivity index is 1.94. The second-order valence-electron chi connectivity index (χ2n) is 5.68. The first-order valence-corrected chi connectivity index (χ1v) is 7.72. The third kappa shape index (κ3) is 4.41. The van der Waals surface area contributed by atoms with Gasteiger partial charge >= 0.3 is 12.4 Å². The van der Waals surface area contributed by atoms with Gasteiger partial charge in [0, 0.05) is 0 Å². The van der Waals surface area contributed by atoms with E-state index in [1.165, 1.54) is 12.1 Å². The van der Waals surface area contributed by atoms with Crippen molar-refractivity contribution < 1.29 is 44.8 Å². The van der Waals surface area contributed by atoms with Crippen LogP contribution in [-0.4, -0.2) is 23.8 Å². The number of hydrogen-bond donors (Lipinski definition) is 1. The van der Waals surface area contributed by atoms with Gasteiger partial charge in [0.25, 0.3) is 5.91 Å². The van der Waals surface area contributed by atoms with Crippen molar-refractivity contribution in [3.8, 4) is 5.75 Å². The van der Waals surface area contributed by atoms with Crippen LogP contribution in [0.5, 0.6) is 5.75 Å². The molecule has 154 valence electrons. The number of nitrogens with zero attached hydrogens (tertiary/aromatic N) is 1. The molecule has 0 atom stereocenters. The van der Waals surface area contributed by atoms with E-state index in [9.17, 15) is 35.5 Å². The smallest absolute Gasteiger partial charge is 0.422 e. The van der Waals surface area contributed by atoms with Gasteiger partial charge in [-0.1, -0.05) is 17.3 Å². The Bertz CT molecular complexity index is 1060. The summed E-state index contributed by atoms with van der Waals surface area (Å²) in [7, 11) is 0. The van der Waals surface area contributed by atoms with Crippen LogP contribution in [0.4, 0.5) is 36.6 Å². The maximum absolute atomic E-state index is 14.1. The molecule has 1 heterocycles. The Hall–Kier alpha value is -3.31. The van der Waals surface area contributed by atoms with Crippen LogP contribution in [0.15, 0.2) is 40.9 Å². The van der Waals surface area contributed by atoms with Crippen molar-refractivity contribution in [3.63, 3.8) is 0 Å². The largest absolute Gasteiger partial charge is 0.483 e. The molecule has 12 heteroatoms. The summed E-state index contributed by atoms with van der Waals surface area (Å²) in [5.41, 5.74) is -2.65. The highest BCUT2D eigenvalue weighted by molar-refractivity contribution is 6.08. The lowest BCUT2D eigenvalue weighted by molar-refractivity contribution is -0.153. The molecule has 0 aliphatic heterocycles. The molecule has 1 N–H and O–H groups in total. The average molecular weight is 422 g/mol. The summed E-state index contributed by atoms with van der Waals surface area (Å²) < 4.78 is 99.3. The first kappa shape index (κ1) is 20.4. The van der Waals surface area contributed by atoms with E-state index in [1.807, 2.05) is 5.32 Å². The van der Waals surface area contributed by atoms with E-state index in [0.717, 1.165) is 18.2 Å². The van der Waals surface area contributed by atoms with E-state index in [4.69, 9.17) is 4.52 Å². The molecule has 0 aliphatic carbocycles. The van der Waals surface area contributed by atoms with Crippen LogP contribution in [0, 0.1) is 5.82 Å². The fraction of sp³-hybridized carbons (Fsp3) is 0.176. The lowest BCUT2D eigenvalue weighted by atomic mass is 10.1. The number of nitrogens with one attached hydrogen (secondary N) is 1. The monoisotopic (exact) mass is 422 g/mol. The molecule has 0 saturated carbocycles. The van der Waals surface area contributed by atoms with E-state index in [2.05, 4.69) is 9.89 Å². The van der Waals surface area contributed by atoms with Crippen LogP contribution in [0.2, 0.25) is 0 Å². The van der Waals surface area contributed by atoms with Gasteiger partial charge in [0.15, 0.2) is 18.0 Å². The number of aromatic nitrogens is 1. The topological polar surface area (TPSA) is 64.4 Å². The van der Waals surface area contributed by atoms with E-state index in [-0.39, 0.29) is 16.7 Å². The first-order valence-electron chi connectivity index (χ1n) is 7.72. The van der Waals surface area contributed by atoms with Crippen LogP contribution >= 0.6 is 0 Å². The van der Waals surface area contributed by atoms with Gasteiger partial charge in [-0.3, -0.25) is 4.79 Å². The van der Waals surface area contributed by atoms with Gasteiger partial charge in [0.1, 0.15) is 17.0 Å². The number of alkyl halides is 6. The van der Waals surface area contributed by atoms with Gasteiger partial charge < -0.3 is 14.6 Å². The van der Waals surface area contributed by atoms with Crippen LogP contribution in [-0.2, 0) is 6.18 Å². The molecule has 0 saturated heterocycles. The Morgan fingerprint density at radius 1 is 1.07 bits per heavy atom. The van der Waals surface area contributed by atoms with Crippen molar-refractivity contribution in [1.29, 1.82) is 0 Å². The molecule has 5 nitrogen and oxygen atoms in total. The molecule has 2 aromatic carbocycles. The summed E-state index contributed by atoms with van der Waals surface area (Å²) in [6.45, 7) is -1.65. The Labute approximate surface area is 157 Å². The zero-order chi connectivity index (χ0) is 21.4. The average Bonchev–Trinajstić information content (AvgIpc) is 3.02. The fourth-order valence-electron chi connectivity index (χ4n) is 2.43. The fourth-order valence-corrected chi connectivity index (χ4v) is 2.43. The normalized spacial score (nSPS) is 12.2. The maximum Gasteiger partial charge on any atom is 0.422 e. The summed E-state index contributed by atoms with van der Waals surface area (Å²) >= 11 is 0. The highest BCUT2D eigenvalue weighted by atomic mass is 19.4. The number of benzene rings is 2. The number of fused-ring (bicyclic) bond motifs is 1. The van der Waals surface area contributed by atoms with E-state index >= 15 is 0 Å². The summed E-state index contributed by atoms with van der Waals surface area (Å²) in [6, 6.07) is 5.86. The Morgan fingerprint density at radius 3 is 2.41 bits per heavy atom. The number of amides is 1. The molecule has 0 spiro atoms. The number of halogens is 7. The van der Waals surface area contributed by atoms with E-state index < -0.39 is 47.6 Å². The van der Waals surface area contributed by atoms with Crippen LogP contribution in [0.3, 0.4) is 0 Å². The number of carbonyl (C=O) groups is 1.